The third-order valence-electron chi connectivity index (χ3n) is 2.74. The Morgan fingerprint density at radius 3 is 2.69 bits per heavy atom. The molecule has 0 radical (unpaired) electrons. The molecule has 0 fully saturated rings. The Labute approximate surface area is 97.9 Å². The van der Waals surface area contributed by atoms with Crippen molar-refractivity contribution in [1.82, 2.24) is 0 Å². The van der Waals surface area contributed by atoms with E-state index in [4.69, 9.17) is 5.41 Å². The van der Waals surface area contributed by atoms with Crippen molar-refractivity contribution >= 4 is 11.7 Å². The summed E-state index contributed by atoms with van der Waals surface area (Å²) in [6.45, 7) is 6.50. The summed E-state index contributed by atoms with van der Waals surface area (Å²) in [5.41, 5.74) is 3.42. The van der Waals surface area contributed by atoms with Crippen molar-refractivity contribution in [1.29, 1.82) is 5.41 Å². The van der Waals surface area contributed by atoms with E-state index in [0.717, 1.165) is 12.1 Å². The first-order valence-electron chi connectivity index (χ1n) is 5.95. The fourth-order valence-corrected chi connectivity index (χ4v) is 1.84. The van der Waals surface area contributed by atoms with Gasteiger partial charge in [-0.05, 0) is 29.9 Å². The number of para-hydroxylation sites is 1. The summed E-state index contributed by atoms with van der Waals surface area (Å²) in [5.74, 6) is 0.439. The Balaban J connectivity index is 3.15. The van der Waals surface area contributed by atoms with E-state index in [2.05, 4.69) is 50.0 Å². The maximum atomic E-state index is 7.03. The van der Waals surface area contributed by atoms with Crippen LogP contribution in [0.3, 0.4) is 0 Å². The van der Waals surface area contributed by atoms with Gasteiger partial charge in [0.2, 0.25) is 0 Å². The smallest absolute Gasteiger partial charge is 0.0918 e. The van der Waals surface area contributed by atoms with E-state index >= 15 is 0 Å². The molecule has 0 saturated carbocycles. The van der Waals surface area contributed by atoms with Gasteiger partial charge in [-0.3, -0.25) is 0 Å². The zero-order valence-corrected chi connectivity index (χ0v) is 10.4. The summed E-state index contributed by atoms with van der Waals surface area (Å²) in [6.07, 6.45) is 3.39. The Morgan fingerprint density at radius 2 is 2.12 bits per heavy atom. The number of hydrogen-bond donors (Lipinski definition) is 1. The molecule has 0 heterocycles. The summed E-state index contributed by atoms with van der Waals surface area (Å²) in [7, 11) is 0. The number of benzene rings is 1. The van der Waals surface area contributed by atoms with Crippen LogP contribution < -0.4 is 0 Å². The topological polar surface area (TPSA) is 36.2 Å². The van der Waals surface area contributed by atoms with E-state index in [1.54, 1.807) is 0 Å². The van der Waals surface area contributed by atoms with Crippen molar-refractivity contribution in [2.75, 3.05) is 0 Å². The summed E-state index contributed by atoms with van der Waals surface area (Å²) >= 11 is 0. The Morgan fingerprint density at radius 1 is 1.38 bits per heavy atom. The molecule has 0 aliphatic heterocycles. The minimum absolute atomic E-state index is 0.439. The number of hydrogen-bond acceptors (Lipinski definition) is 2. The molecule has 0 atom stereocenters. The van der Waals surface area contributed by atoms with Crippen LogP contribution in [0.25, 0.3) is 0 Å². The third-order valence-corrected chi connectivity index (χ3v) is 2.74. The molecule has 16 heavy (non-hydrogen) atoms. The number of rotatable bonds is 5. The number of aliphatic imine (C=N–C) groups is 1. The molecule has 0 aromatic heterocycles. The fraction of sp³-hybridized carbons (Fsp3) is 0.500. The summed E-state index contributed by atoms with van der Waals surface area (Å²) in [5, 5.41) is 7.03. The lowest BCUT2D eigenvalue weighted by atomic mass is 9.96. The lowest BCUT2D eigenvalue weighted by molar-refractivity contribution is 0.790. The average molecular weight is 216 g/mol. The molecular weight excluding hydrogens is 196 g/mol. The standard InChI is InChI=1S/C14H20N2/c1-4-5-7-12-8-6-9-13(11(2)3)14(12)16-10-15/h6,8-9,11,15H,4-5,7H2,1-3H3. The highest BCUT2D eigenvalue weighted by molar-refractivity contribution is 5.60. The van der Waals surface area contributed by atoms with E-state index in [0.29, 0.717) is 5.92 Å². The van der Waals surface area contributed by atoms with E-state index in [1.165, 1.54) is 24.0 Å². The quantitative estimate of drug-likeness (QED) is 0.702. The molecule has 0 amide bonds. The van der Waals surface area contributed by atoms with Crippen LogP contribution in [0.1, 0.15) is 50.7 Å². The van der Waals surface area contributed by atoms with E-state index in [-0.39, 0.29) is 0 Å². The van der Waals surface area contributed by atoms with Crippen LogP contribution >= 0.6 is 0 Å². The van der Waals surface area contributed by atoms with Gasteiger partial charge in [0.05, 0.1) is 11.7 Å². The highest BCUT2D eigenvalue weighted by Gasteiger charge is 2.09. The van der Waals surface area contributed by atoms with Crippen LogP contribution in [-0.4, -0.2) is 6.01 Å². The second kappa shape index (κ2) is 6.24. The summed E-state index contributed by atoms with van der Waals surface area (Å²) in [4.78, 5) is 4.10. The fourth-order valence-electron chi connectivity index (χ4n) is 1.84. The minimum atomic E-state index is 0.439. The molecule has 0 unspecified atom stereocenters. The van der Waals surface area contributed by atoms with E-state index < -0.39 is 0 Å². The van der Waals surface area contributed by atoms with Gasteiger partial charge in [-0.2, -0.15) is 4.99 Å². The van der Waals surface area contributed by atoms with Gasteiger partial charge in [-0.15, -0.1) is 0 Å². The van der Waals surface area contributed by atoms with Gasteiger partial charge in [0, 0.05) is 0 Å². The summed E-state index contributed by atoms with van der Waals surface area (Å²) < 4.78 is 0. The molecule has 0 bridgehead atoms. The molecule has 1 aromatic rings. The van der Waals surface area contributed by atoms with Crippen LogP contribution in [0.5, 0.6) is 0 Å². The molecule has 1 rings (SSSR count). The molecule has 0 saturated heterocycles. The molecule has 2 nitrogen and oxygen atoms in total. The molecule has 1 aromatic carbocycles. The number of aryl methyl sites for hydroxylation is 1. The average Bonchev–Trinajstić information content (AvgIpc) is 2.27. The number of unbranched alkanes of at least 4 members (excludes halogenated alkanes) is 1. The monoisotopic (exact) mass is 216 g/mol. The lowest BCUT2D eigenvalue weighted by Crippen LogP contribution is -1.93. The van der Waals surface area contributed by atoms with Crippen molar-refractivity contribution in [3.05, 3.63) is 29.3 Å². The van der Waals surface area contributed by atoms with Gasteiger partial charge < -0.3 is 0 Å². The van der Waals surface area contributed by atoms with Gasteiger partial charge in [-0.1, -0.05) is 45.4 Å². The highest BCUT2D eigenvalue weighted by Crippen LogP contribution is 2.31. The van der Waals surface area contributed by atoms with Crippen molar-refractivity contribution in [3.8, 4) is 0 Å². The lowest BCUT2D eigenvalue weighted by Gasteiger charge is -2.12. The summed E-state index contributed by atoms with van der Waals surface area (Å²) in [6, 6.07) is 8.46. The van der Waals surface area contributed by atoms with Crippen molar-refractivity contribution in [2.24, 2.45) is 4.99 Å². The first kappa shape index (κ1) is 12.7. The highest BCUT2D eigenvalue weighted by atomic mass is 14.7. The number of nitrogens with zero attached hydrogens (tertiary/aromatic N) is 1. The first-order valence-corrected chi connectivity index (χ1v) is 5.95. The van der Waals surface area contributed by atoms with Gasteiger partial charge >= 0.3 is 0 Å². The Hall–Kier alpha value is -1.40. The first-order chi connectivity index (χ1) is 7.70. The molecule has 0 aliphatic carbocycles. The number of nitrogens with one attached hydrogen (secondary N) is 1. The maximum Gasteiger partial charge on any atom is 0.0918 e. The second-order valence-electron chi connectivity index (χ2n) is 4.34. The molecule has 1 N–H and O–H groups in total. The minimum Gasteiger partial charge on any atom is -0.241 e. The molecule has 2 heteroatoms. The predicted molar refractivity (Wildman–Crippen MR) is 69.0 cm³/mol. The SMILES string of the molecule is CCCCc1cccc(C(C)C)c1N=C=N. The normalized spacial score (nSPS) is 10.2. The van der Waals surface area contributed by atoms with Gasteiger partial charge in [0.25, 0.3) is 0 Å². The van der Waals surface area contributed by atoms with Crippen molar-refractivity contribution in [3.63, 3.8) is 0 Å². The van der Waals surface area contributed by atoms with E-state index in [9.17, 15) is 0 Å². The Kier molecular flexibility index (Phi) is 4.94. The molecule has 0 spiro atoms. The van der Waals surface area contributed by atoms with Crippen LogP contribution in [0.2, 0.25) is 0 Å². The van der Waals surface area contributed by atoms with Crippen molar-refractivity contribution in [2.45, 2.75) is 46.0 Å². The van der Waals surface area contributed by atoms with Crippen LogP contribution in [0.15, 0.2) is 23.2 Å². The van der Waals surface area contributed by atoms with Crippen molar-refractivity contribution < 1.29 is 0 Å². The van der Waals surface area contributed by atoms with Gasteiger partial charge in [-0.25, -0.2) is 5.41 Å². The predicted octanol–water partition coefficient (Wildman–Crippen LogP) is 4.54. The maximum absolute atomic E-state index is 7.03. The second-order valence-corrected chi connectivity index (χ2v) is 4.34. The molecule has 86 valence electrons. The Bertz CT molecular complexity index is 388. The molecule has 0 aliphatic rings. The third kappa shape index (κ3) is 3.04. The van der Waals surface area contributed by atoms with Gasteiger partial charge in [0.15, 0.2) is 0 Å². The molecular formula is C14H20N2. The zero-order chi connectivity index (χ0) is 12.0. The van der Waals surface area contributed by atoms with Crippen LogP contribution in [0, 0.1) is 5.41 Å². The zero-order valence-electron chi connectivity index (χ0n) is 10.4. The largest absolute Gasteiger partial charge is 0.241 e. The van der Waals surface area contributed by atoms with Crippen LogP contribution in [0.4, 0.5) is 5.69 Å². The van der Waals surface area contributed by atoms with Crippen LogP contribution in [-0.2, 0) is 6.42 Å². The van der Waals surface area contributed by atoms with E-state index in [1.807, 2.05) is 0 Å². The van der Waals surface area contributed by atoms with Gasteiger partial charge in [0.1, 0.15) is 0 Å².